The normalized spacial score (nSPS) is 11.5. The van der Waals surface area contributed by atoms with E-state index in [0.29, 0.717) is 17.5 Å². The zero-order valence-corrected chi connectivity index (χ0v) is 27.6. The van der Waals surface area contributed by atoms with E-state index in [1.54, 1.807) is 0 Å². The number of rotatable bonds is 5. The summed E-state index contributed by atoms with van der Waals surface area (Å²) in [4.78, 5) is 15.1. The first-order chi connectivity index (χ1) is 25.3. The minimum atomic E-state index is 0.625. The molecule has 0 fully saturated rings. The molecule has 4 heteroatoms. The van der Waals surface area contributed by atoms with Crippen molar-refractivity contribution < 1.29 is 0 Å². The molecule has 0 amide bonds. The highest BCUT2D eigenvalue weighted by atomic mass is 15.0. The van der Waals surface area contributed by atoms with Crippen molar-refractivity contribution in [1.82, 2.24) is 19.5 Å². The van der Waals surface area contributed by atoms with Gasteiger partial charge in [0.05, 0.1) is 16.7 Å². The zero-order valence-electron chi connectivity index (χ0n) is 27.6. The van der Waals surface area contributed by atoms with Gasteiger partial charge in [-0.1, -0.05) is 158 Å². The fraction of sp³-hybridized carbons (Fsp3) is 0. The Bertz CT molecular complexity index is 2840. The van der Waals surface area contributed by atoms with Crippen LogP contribution in [-0.4, -0.2) is 19.5 Å². The Labute approximate surface area is 295 Å². The number of fused-ring (bicyclic) bond motifs is 6. The summed E-state index contributed by atoms with van der Waals surface area (Å²) in [6, 6.07) is 64.0. The highest BCUT2D eigenvalue weighted by Crippen LogP contribution is 2.42. The van der Waals surface area contributed by atoms with Crippen LogP contribution in [-0.2, 0) is 0 Å². The van der Waals surface area contributed by atoms with Gasteiger partial charge in [-0.25, -0.2) is 15.0 Å². The van der Waals surface area contributed by atoms with Gasteiger partial charge in [-0.2, -0.15) is 0 Å². The van der Waals surface area contributed by atoms with Gasteiger partial charge in [0.1, 0.15) is 0 Å². The predicted molar refractivity (Wildman–Crippen MR) is 211 cm³/mol. The second-order valence-corrected chi connectivity index (χ2v) is 12.9. The van der Waals surface area contributed by atoms with Gasteiger partial charge >= 0.3 is 0 Å². The third-order valence-electron chi connectivity index (χ3n) is 9.80. The summed E-state index contributed by atoms with van der Waals surface area (Å²) >= 11 is 0. The molecule has 0 unspecified atom stereocenters. The summed E-state index contributed by atoms with van der Waals surface area (Å²) in [5.74, 6) is 1.91. The van der Waals surface area contributed by atoms with E-state index in [4.69, 9.17) is 15.0 Å². The summed E-state index contributed by atoms with van der Waals surface area (Å²) in [7, 11) is 0. The van der Waals surface area contributed by atoms with Crippen LogP contribution in [0.2, 0.25) is 0 Å². The topological polar surface area (TPSA) is 43.6 Å². The van der Waals surface area contributed by atoms with E-state index < -0.39 is 0 Å². The van der Waals surface area contributed by atoms with Crippen LogP contribution in [0.3, 0.4) is 0 Å². The molecule has 0 atom stereocenters. The summed E-state index contributed by atoms with van der Waals surface area (Å²) in [5, 5.41) is 7.36. The lowest BCUT2D eigenvalue weighted by molar-refractivity contribution is 1.07. The van der Waals surface area contributed by atoms with Gasteiger partial charge < -0.3 is 4.57 Å². The molecule has 238 valence electrons. The van der Waals surface area contributed by atoms with E-state index in [0.717, 1.165) is 44.5 Å². The molecule has 51 heavy (non-hydrogen) atoms. The van der Waals surface area contributed by atoms with Crippen LogP contribution in [0.1, 0.15) is 0 Å². The maximum Gasteiger partial charge on any atom is 0.164 e. The van der Waals surface area contributed by atoms with Crippen LogP contribution in [0.4, 0.5) is 0 Å². The predicted octanol–water partition coefficient (Wildman–Crippen LogP) is 11.9. The molecule has 0 saturated heterocycles. The average molecular weight is 651 g/mol. The van der Waals surface area contributed by atoms with Gasteiger partial charge in [0.25, 0.3) is 0 Å². The van der Waals surface area contributed by atoms with Crippen molar-refractivity contribution in [2.24, 2.45) is 0 Å². The lowest BCUT2D eigenvalue weighted by Gasteiger charge is -2.16. The summed E-state index contributed by atoms with van der Waals surface area (Å²) in [5.41, 5.74) is 8.44. The number of nitrogens with zero attached hydrogens (tertiary/aromatic N) is 4. The van der Waals surface area contributed by atoms with Crippen LogP contribution >= 0.6 is 0 Å². The molecule has 2 aromatic heterocycles. The van der Waals surface area contributed by atoms with Crippen molar-refractivity contribution in [3.63, 3.8) is 0 Å². The molecular weight excluding hydrogens is 621 g/mol. The van der Waals surface area contributed by atoms with Crippen molar-refractivity contribution in [1.29, 1.82) is 0 Å². The van der Waals surface area contributed by atoms with Crippen LogP contribution < -0.4 is 0 Å². The van der Waals surface area contributed by atoms with Crippen molar-refractivity contribution in [3.05, 3.63) is 182 Å². The van der Waals surface area contributed by atoms with Gasteiger partial charge in [0.2, 0.25) is 0 Å². The highest BCUT2D eigenvalue weighted by molar-refractivity contribution is 6.23. The fourth-order valence-electron chi connectivity index (χ4n) is 7.39. The molecule has 0 spiro atoms. The molecule has 8 aromatic carbocycles. The number of aromatic nitrogens is 4. The standard InChI is InChI=1S/C47H30N4/c1-4-14-31(15-5-1)38-26-24-37(47-49-45(33-17-6-2-7-18-33)48-46(50-47)34-19-8-3-9-20-34)30-42(38)51-41-27-25-32-16-12-13-23-39(32)44(41)40-28-35-21-10-11-22-36(35)29-43(40)51/h1-30H. The van der Waals surface area contributed by atoms with E-state index in [1.807, 2.05) is 60.7 Å². The van der Waals surface area contributed by atoms with Gasteiger partial charge in [-0.3, -0.25) is 0 Å². The van der Waals surface area contributed by atoms with Crippen LogP contribution in [0.15, 0.2) is 182 Å². The van der Waals surface area contributed by atoms with Crippen molar-refractivity contribution >= 4 is 43.4 Å². The summed E-state index contributed by atoms with van der Waals surface area (Å²) < 4.78 is 2.44. The van der Waals surface area contributed by atoms with Crippen LogP contribution in [0.5, 0.6) is 0 Å². The summed E-state index contributed by atoms with van der Waals surface area (Å²) in [6.45, 7) is 0. The Morgan fingerprint density at radius 2 is 0.863 bits per heavy atom. The van der Waals surface area contributed by atoms with Crippen molar-refractivity contribution in [2.75, 3.05) is 0 Å². The molecule has 0 aliphatic heterocycles. The van der Waals surface area contributed by atoms with Gasteiger partial charge in [-0.15, -0.1) is 0 Å². The molecule has 0 radical (unpaired) electrons. The molecule has 0 N–H and O–H groups in total. The van der Waals surface area contributed by atoms with Gasteiger partial charge in [0, 0.05) is 33.0 Å². The number of hydrogen-bond acceptors (Lipinski definition) is 3. The van der Waals surface area contributed by atoms with Crippen LogP contribution in [0, 0.1) is 0 Å². The summed E-state index contributed by atoms with van der Waals surface area (Å²) in [6.07, 6.45) is 0. The Balaban J connectivity index is 1.30. The first-order valence-electron chi connectivity index (χ1n) is 17.2. The van der Waals surface area contributed by atoms with Crippen LogP contribution in [0.25, 0.3) is 94.3 Å². The minimum Gasteiger partial charge on any atom is -0.309 e. The largest absolute Gasteiger partial charge is 0.309 e. The lowest BCUT2D eigenvalue weighted by atomic mass is 10.0. The minimum absolute atomic E-state index is 0.625. The molecule has 0 aliphatic carbocycles. The van der Waals surface area contributed by atoms with E-state index in [2.05, 4.69) is 126 Å². The van der Waals surface area contributed by atoms with Crippen molar-refractivity contribution in [2.45, 2.75) is 0 Å². The third-order valence-corrected chi connectivity index (χ3v) is 9.80. The molecular formula is C47H30N4. The van der Waals surface area contributed by atoms with Gasteiger partial charge in [0.15, 0.2) is 17.5 Å². The van der Waals surface area contributed by atoms with Gasteiger partial charge in [-0.05, 0) is 51.4 Å². The quantitative estimate of drug-likeness (QED) is 0.186. The number of hydrogen-bond donors (Lipinski definition) is 0. The molecule has 10 rings (SSSR count). The Morgan fingerprint density at radius 1 is 0.333 bits per heavy atom. The molecule has 10 aromatic rings. The Kier molecular flexibility index (Phi) is 6.78. The van der Waals surface area contributed by atoms with E-state index in [-0.39, 0.29) is 0 Å². The Hall–Kier alpha value is -6.91. The zero-order chi connectivity index (χ0) is 33.7. The molecule has 0 aliphatic rings. The Morgan fingerprint density at radius 3 is 1.51 bits per heavy atom. The van der Waals surface area contributed by atoms with E-state index >= 15 is 0 Å². The third kappa shape index (κ3) is 4.96. The maximum atomic E-state index is 5.10. The van der Waals surface area contributed by atoms with E-state index in [9.17, 15) is 0 Å². The molecule has 0 bridgehead atoms. The maximum absolute atomic E-state index is 5.10. The average Bonchev–Trinajstić information content (AvgIpc) is 3.54. The molecule has 4 nitrogen and oxygen atoms in total. The monoisotopic (exact) mass is 650 g/mol. The molecule has 0 saturated carbocycles. The SMILES string of the molecule is c1ccc(-c2nc(-c3ccccc3)nc(-c3ccc(-c4ccccc4)c(-n4c5cc6ccccc6cc5c5c6ccccc6ccc54)c3)n2)cc1. The van der Waals surface area contributed by atoms with Crippen molar-refractivity contribution in [3.8, 4) is 51.0 Å². The second kappa shape index (κ2) is 11.9. The lowest BCUT2D eigenvalue weighted by Crippen LogP contribution is -2.02. The first-order valence-corrected chi connectivity index (χ1v) is 17.2. The first kappa shape index (κ1) is 29.0. The highest BCUT2D eigenvalue weighted by Gasteiger charge is 2.20. The smallest absolute Gasteiger partial charge is 0.164 e. The van der Waals surface area contributed by atoms with E-state index in [1.165, 1.54) is 32.3 Å². The fourth-order valence-corrected chi connectivity index (χ4v) is 7.39. The molecule has 2 heterocycles. The number of benzene rings is 8. The second-order valence-electron chi connectivity index (χ2n) is 12.9.